The summed E-state index contributed by atoms with van der Waals surface area (Å²) >= 11 is 0. The zero-order chi connectivity index (χ0) is 19.2. The van der Waals surface area contributed by atoms with E-state index in [0.717, 1.165) is 24.2 Å². The molecule has 0 unspecified atom stereocenters. The monoisotopic (exact) mass is 368 g/mol. The molecule has 0 aliphatic carbocycles. The van der Waals surface area contributed by atoms with E-state index >= 15 is 0 Å². The lowest BCUT2D eigenvalue weighted by molar-refractivity contribution is -0.135. The van der Waals surface area contributed by atoms with Crippen LogP contribution in [0.2, 0.25) is 0 Å². The highest BCUT2D eigenvalue weighted by molar-refractivity contribution is 5.87. The zero-order valence-electron chi connectivity index (χ0n) is 15.4. The Hall–Kier alpha value is -2.86. The minimum absolute atomic E-state index is 0.0110. The Morgan fingerprint density at radius 3 is 2.41 bits per heavy atom. The summed E-state index contributed by atoms with van der Waals surface area (Å²) < 4.78 is 5.57. The Bertz CT molecular complexity index is 796. The number of amides is 1. The molecule has 0 radical (unpaired) electrons. The first-order chi connectivity index (χ1) is 13.0. The van der Waals surface area contributed by atoms with Gasteiger partial charge in [0.2, 0.25) is 0 Å². The molecule has 2 aromatic rings. The third-order valence-corrected chi connectivity index (χ3v) is 4.69. The van der Waals surface area contributed by atoms with E-state index in [4.69, 9.17) is 9.84 Å². The van der Waals surface area contributed by atoms with Crippen molar-refractivity contribution in [3.05, 3.63) is 65.2 Å². The van der Waals surface area contributed by atoms with Crippen molar-refractivity contribution in [2.75, 3.05) is 32.8 Å². The third kappa shape index (κ3) is 5.31. The van der Waals surface area contributed by atoms with Crippen LogP contribution in [0.4, 0.5) is 0 Å². The van der Waals surface area contributed by atoms with Crippen molar-refractivity contribution < 1.29 is 19.4 Å². The molecule has 6 nitrogen and oxygen atoms in total. The number of carbonyl (C=O) groups is 2. The fourth-order valence-electron chi connectivity index (χ4n) is 3.09. The second-order valence-corrected chi connectivity index (χ2v) is 6.76. The molecule has 0 atom stereocenters. The van der Waals surface area contributed by atoms with Crippen molar-refractivity contribution in [1.82, 2.24) is 9.80 Å². The van der Waals surface area contributed by atoms with E-state index in [2.05, 4.69) is 4.90 Å². The highest BCUT2D eigenvalue weighted by Gasteiger charge is 2.21. The highest BCUT2D eigenvalue weighted by Crippen LogP contribution is 2.13. The molecule has 6 heteroatoms. The van der Waals surface area contributed by atoms with Gasteiger partial charge in [-0.15, -0.1) is 0 Å². The van der Waals surface area contributed by atoms with Gasteiger partial charge in [0.1, 0.15) is 5.75 Å². The number of nitrogens with zero attached hydrogens (tertiary/aromatic N) is 2. The Kier molecular flexibility index (Phi) is 6.08. The van der Waals surface area contributed by atoms with Gasteiger partial charge in [0.15, 0.2) is 6.61 Å². The maximum absolute atomic E-state index is 12.3. The first-order valence-corrected chi connectivity index (χ1v) is 9.03. The predicted octanol–water partition coefficient (Wildman–Crippen LogP) is 2.42. The number of ether oxygens (including phenoxy) is 1. The first kappa shape index (κ1) is 18.9. The number of rotatable bonds is 6. The van der Waals surface area contributed by atoms with Crippen LogP contribution in [0.5, 0.6) is 5.75 Å². The summed E-state index contributed by atoms with van der Waals surface area (Å²) in [5.74, 6) is -0.227. The highest BCUT2D eigenvalue weighted by atomic mass is 16.5. The summed E-state index contributed by atoms with van der Waals surface area (Å²) in [6, 6.07) is 14.6. The van der Waals surface area contributed by atoms with E-state index in [9.17, 15) is 9.59 Å². The van der Waals surface area contributed by atoms with Gasteiger partial charge in [-0.2, -0.15) is 0 Å². The van der Waals surface area contributed by atoms with Crippen molar-refractivity contribution >= 4 is 11.9 Å². The van der Waals surface area contributed by atoms with E-state index < -0.39 is 5.97 Å². The van der Waals surface area contributed by atoms with Gasteiger partial charge in [0, 0.05) is 32.7 Å². The molecule has 1 heterocycles. The van der Waals surface area contributed by atoms with Crippen LogP contribution in [-0.2, 0) is 11.3 Å². The number of piperazine rings is 1. The van der Waals surface area contributed by atoms with Gasteiger partial charge in [-0.3, -0.25) is 9.69 Å². The normalized spacial score (nSPS) is 14.8. The summed E-state index contributed by atoms with van der Waals surface area (Å²) in [5, 5.41) is 9.09. The van der Waals surface area contributed by atoms with Crippen molar-refractivity contribution in [2.45, 2.75) is 13.5 Å². The molecular weight excluding hydrogens is 344 g/mol. The lowest BCUT2D eigenvalue weighted by atomic mass is 10.1. The summed E-state index contributed by atoms with van der Waals surface area (Å²) in [6.07, 6.45) is 0. The Balaban J connectivity index is 1.45. The fourth-order valence-corrected chi connectivity index (χ4v) is 3.09. The van der Waals surface area contributed by atoms with Crippen molar-refractivity contribution in [2.24, 2.45) is 0 Å². The van der Waals surface area contributed by atoms with Gasteiger partial charge in [-0.05, 0) is 36.8 Å². The van der Waals surface area contributed by atoms with Crippen LogP contribution in [0.3, 0.4) is 0 Å². The second kappa shape index (κ2) is 8.68. The molecule has 1 N–H and O–H groups in total. The number of hydrogen-bond donors (Lipinski definition) is 1. The van der Waals surface area contributed by atoms with E-state index in [0.29, 0.717) is 30.9 Å². The molecule has 142 valence electrons. The molecule has 0 bridgehead atoms. The second-order valence-electron chi connectivity index (χ2n) is 6.76. The molecule has 27 heavy (non-hydrogen) atoms. The van der Waals surface area contributed by atoms with Crippen molar-refractivity contribution in [1.29, 1.82) is 0 Å². The number of hydrogen-bond acceptors (Lipinski definition) is 4. The van der Waals surface area contributed by atoms with Crippen LogP contribution < -0.4 is 4.74 Å². The molecule has 0 spiro atoms. The van der Waals surface area contributed by atoms with Gasteiger partial charge in [0.05, 0.1) is 5.56 Å². The molecule has 1 saturated heterocycles. The third-order valence-electron chi connectivity index (χ3n) is 4.69. The number of carboxylic acids is 1. The van der Waals surface area contributed by atoms with Gasteiger partial charge in [-0.25, -0.2) is 4.79 Å². The van der Waals surface area contributed by atoms with E-state index in [1.165, 1.54) is 0 Å². The summed E-state index contributed by atoms with van der Waals surface area (Å²) in [5.41, 5.74) is 2.42. The van der Waals surface area contributed by atoms with Crippen molar-refractivity contribution in [3.63, 3.8) is 0 Å². The molecule has 0 saturated carbocycles. The quantitative estimate of drug-likeness (QED) is 0.848. The van der Waals surface area contributed by atoms with Gasteiger partial charge >= 0.3 is 5.97 Å². The van der Waals surface area contributed by atoms with Crippen LogP contribution in [-0.4, -0.2) is 59.6 Å². The number of carboxylic acid groups (broad SMARTS) is 1. The molecule has 2 aromatic carbocycles. The minimum atomic E-state index is -0.916. The van der Waals surface area contributed by atoms with Crippen LogP contribution in [0.25, 0.3) is 0 Å². The van der Waals surface area contributed by atoms with Gasteiger partial charge in [-0.1, -0.05) is 29.8 Å². The SMILES string of the molecule is Cc1ccc(OCC(=O)N2CCN(Cc3cccc(C(=O)O)c3)CC2)cc1. The molecule has 0 aromatic heterocycles. The Morgan fingerprint density at radius 1 is 1.04 bits per heavy atom. The van der Waals surface area contributed by atoms with Crippen LogP contribution in [0, 0.1) is 6.92 Å². The standard InChI is InChI=1S/C21H24N2O4/c1-16-5-7-19(8-6-16)27-15-20(24)23-11-9-22(10-12-23)14-17-3-2-4-18(13-17)21(25)26/h2-8,13H,9-12,14-15H2,1H3,(H,25,26). The van der Waals surface area contributed by atoms with E-state index in [1.807, 2.05) is 42.2 Å². The largest absolute Gasteiger partial charge is 0.484 e. The lowest BCUT2D eigenvalue weighted by Gasteiger charge is -2.34. The van der Waals surface area contributed by atoms with E-state index in [-0.39, 0.29) is 12.5 Å². The predicted molar refractivity (Wildman–Crippen MR) is 102 cm³/mol. The maximum Gasteiger partial charge on any atom is 0.335 e. The summed E-state index contributed by atoms with van der Waals surface area (Å²) in [7, 11) is 0. The molecule has 1 amide bonds. The molecule has 3 rings (SSSR count). The van der Waals surface area contributed by atoms with E-state index in [1.54, 1.807) is 18.2 Å². The van der Waals surface area contributed by atoms with Crippen LogP contribution in [0.1, 0.15) is 21.5 Å². The minimum Gasteiger partial charge on any atom is -0.484 e. The lowest BCUT2D eigenvalue weighted by Crippen LogP contribution is -2.49. The van der Waals surface area contributed by atoms with Crippen molar-refractivity contribution in [3.8, 4) is 5.75 Å². The zero-order valence-corrected chi connectivity index (χ0v) is 15.4. The number of benzene rings is 2. The van der Waals surface area contributed by atoms with Crippen LogP contribution in [0.15, 0.2) is 48.5 Å². The molecule has 1 aliphatic rings. The smallest absolute Gasteiger partial charge is 0.335 e. The number of aryl methyl sites for hydroxylation is 1. The van der Waals surface area contributed by atoms with Gasteiger partial charge in [0.25, 0.3) is 5.91 Å². The molecular formula is C21H24N2O4. The average Bonchev–Trinajstić information content (AvgIpc) is 2.68. The van der Waals surface area contributed by atoms with Crippen LogP contribution >= 0.6 is 0 Å². The molecule has 1 fully saturated rings. The van der Waals surface area contributed by atoms with Gasteiger partial charge < -0.3 is 14.7 Å². The number of aromatic carboxylic acids is 1. The first-order valence-electron chi connectivity index (χ1n) is 9.03. The topological polar surface area (TPSA) is 70.1 Å². The molecule has 1 aliphatic heterocycles. The summed E-state index contributed by atoms with van der Waals surface area (Å²) in [4.78, 5) is 27.5. The average molecular weight is 368 g/mol. The number of carbonyl (C=O) groups excluding carboxylic acids is 1. The Labute approximate surface area is 159 Å². The maximum atomic E-state index is 12.3. The summed E-state index contributed by atoms with van der Waals surface area (Å²) in [6.45, 7) is 5.55. The fraction of sp³-hybridized carbons (Fsp3) is 0.333. The Morgan fingerprint density at radius 2 is 1.74 bits per heavy atom.